The molecule has 1 amide bonds. The van der Waals surface area contributed by atoms with Crippen molar-refractivity contribution in [1.29, 1.82) is 0 Å². The molecular formula is C26H26ClN5O3. The van der Waals surface area contributed by atoms with Gasteiger partial charge in [0, 0.05) is 37.0 Å². The van der Waals surface area contributed by atoms with E-state index < -0.39 is 0 Å². The number of carbonyl (C=O) groups excluding carboxylic acids is 1. The number of aryl methyl sites for hydroxylation is 1. The van der Waals surface area contributed by atoms with Gasteiger partial charge >= 0.3 is 6.01 Å². The summed E-state index contributed by atoms with van der Waals surface area (Å²) in [7, 11) is 1.61. The Hall–Kier alpha value is -3.62. The number of hydrogen-bond donors (Lipinski definition) is 2. The second-order valence-electron chi connectivity index (χ2n) is 8.23. The number of fused-ring (bicyclic) bond motifs is 1. The predicted molar refractivity (Wildman–Crippen MR) is 137 cm³/mol. The Kier molecular flexibility index (Phi) is 6.57. The fourth-order valence-electron chi connectivity index (χ4n) is 4.18. The number of aromatic nitrogens is 3. The van der Waals surface area contributed by atoms with Gasteiger partial charge in [0.15, 0.2) is 5.65 Å². The molecular weight excluding hydrogens is 466 g/mol. The largest absolute Gasteiger partial charge is 0.426 e. The Bertz CT molecular complexity index is 1360. The van der Waals surface area contributed by atoms with Crippen molar-refractivity contribution in [3.63, 3.8) is 0 Å². The molecule has 35 heavy (non-hydrogen) atoms. The van der Waals surface area contributed by atoms with Gasteiger partial charge in [0.1, 0.15) is 5.75 Å². The summed E-state index contributed by atoms with van der Waals surface area (Å²) in [5.74, 6) is 0.347. The molecule has 2 aromatic heterocycles. The van der Waals surface area contributed by atoms with Crippen molar-refractivity contribution in [1.82, 2.24) is 20.3 Å². The first kappa shape index (κ1) is 23.1. The zero-order valence-electron chi connectivity index (χ0n) is 19.6. The Labute approximate surface area is 208 Å². The number of hydrogen-bond acceptors (Lipinski definition) is 6. The maximum atomic E-state index is 12.2. The molecule has 0 aliphatic carbocycles. The van der Waals surface area contributed by atoms with Gasteiger partial charge in [0.25, 0.3) is 5.91 Å². The number of aromatic amines is 1. The minimum absolute atomic E-state index is 0.158. The Morgan fingerprint density at radius 2 is 1.91 bits per heavy atom. The molecule has 0 bridgehead atoms. The van der Waals surface area contributed by atoms with Crippen LogP contribution in [0.2, 0.25) is 5.02 Å². The first-order chi connectivity index (χ1) is 17.1. The summed E-state index contributed by atoms with van der Waals surface area (Å²) in [6.07, 6.45) is 0.742. The van der Waals surface area contributed by atoms with E-state index >= 15 is 0 Å². The number of anilines is 1. The number of nitrogens with one attached hydrogen (secondary N) is 2. The summed E-state index contributed by atoms with van der Waals surface area (Å²) in [4.78, 5) is 26.8. The van der Waals surface area contributed by atoms with Gasteiger partial charge in [0.2, 0.25) is 0 Å². The molecule has 1 aliphatic rings. The van der Waals surface area contributed by atoms with E-state index in [0.717, 1.165) is 49.5 Å². The molecule has 4 aromatic rings. The highest BCUT2D eigenvalue weighted by atomic mass is 35.5. The summed E-state index contributed by atoms with van der Waals surface area (Å²) in [5, 5.41) is 3.18. The van der Waals surface area contributed by atoms with Gasteiger partial charge in [-0.25, -0.2) is 4.98 Å². The predicted octanol–water partition coefficient (Wildman–Crippen LogP) is 4.83. The minimum Gasteiger partial charge on any atom is -0.426 e. The fraction of sp³-hybridized carbons (Fsp3) is 0.269. The molecule has 3 heterocycles. The van der Waals surface area contributed by atoms with Crippen molar-refractivity contribution >= 4 is 34.4 Å². The second kappa shape index (κ2) is 9.93. The molecule has 2 aromatic carbocycles. The lowest BCUT2D eigenvalue weighted by Gasteiger charge is -2.28. The van der Waals surface area contributed by atoms with E-state index in [1.165, 1.54) is 0 Å². The van der Waals surface area contributed by atoms with Gasteiger partial charge in [-0.2, -0.15) is 4.98 Å². The monoisotopic (exact) mass is 491 g/mol. The number of benzene rings is 2. The SMILES string of the molecule is CCc1ccc(Oc2nc3nc(-c4ccc(N5CCOCC5)cc4)c(Cl)cc3[nH]2)cc1C(=O)NC. The average molecular weight is 492 g/mol. The van der Waals surface area contributed by atoms with E-state index in [-0.39, 0.29) is 11.9 Å². The molecule has 9 heteroatoms. The average Bonchev–Trinajstić information content (AvgIpc) is 3.29. The maximum Gasteiger partial charge on any atom is 0.301 e. The van der Waals surface area contributed by atoms with E-state index in [1.54, 1.807) is 19.2 Å². The topological polar surface area (TPSA) is 92.4 Å². The quantitative estimate of drug-likeness (QED) is 0.401. The molecule has 0 atom stereocenters. The Morgan fingerprint density at radius 3 is 2.63 bits per heavy atom. The number of amides is 1. The van der Waals surface area contributed by atoms with Crippen LogP contribution in [0.25, 0.3) is 22.4 Å². The van der Waals surface area contributed by atoms with Gasteiger partial charge in [-0.05, 0) is 42.3 Å². The third-order valence-corrected chi connectivity index (χ3v) is 6.36. The van der Waals surface area contributed by atoms with Crippen LogP contribution in [0.3, 0.4) is 0 Å². The summed E-state index contributed by atoms with van der Waals surface area (Å²) in [6.45, 7) is 5.25. The van der Waals surface area contributed by atoms with Crippen molar-refractivity contribution < 1.29 is 14.3 Å². The van der Waals surface area contributed by atoms with Crippen LogP contribution in [0.15, 0.2) is 48.5 Å². The second-order valence-corrected chi connectivity index (χ2v) is 8.64. The summed E-state index contributed by atoms with van der Waals surface area (Å²) in [6, 6.07) is 15.7. The minimum atomic E-state index is -0.158. The van der Waals surface area contributed by atoms with Gasteiger partial charge < -0.3 is 24.7 Å². The number of pyridine rings is 1. The van der Waals surface area contributed by atoms with Crippen LogP contribution in [-0.4, -0.2) is 54.2 Å². The molecule has 0 unspecified atom stereocenters. The molecule has 8 nitrogen and oxygen atoms in total. The number of H-pyrrole nitrogens is 1. The lowest BCUT2D eigenvalue weighted by molar-refractivity contribution is 0.0962. The van der Waals surface area contributed by atoms with E-state index in [2.05, 4.69) is 37.3 Å². The first-order valence-corrected chi connectivity index (χ1v) is 12.0. The van der Waals surface area contributed by atoms with Gasteiger partial charge in [-0.3, -0.25) is 4.79 Å². The Morgan fingerprint density at radius 1 is 1.14 bits per heavy atom. The molecule has 1 aliphatic heterocycles. The number of ether oxygens (including phenoxy) is 2. The van der Waals surface area contributed by atoms with Crippen LogP contribution in [0, 0.1) is 0 Å². The van der Waals surface area contributed by atoms with Crippen LogP contribution >= 0.6 is 11.6 Å². The van der Waals surface area contributed by atoms with Gasteiger partial charge in [0.05, 0.1) is 29.4 Å². The third-order valence-electron chi connectivity index (χ3n) is 6.07. The molecule has 1 saturated heterocycles. The molecule has 2 N–H and O–H groups in total. The standard InChI is InChI=1S/C26H26ClN5O3/c1-3-16-6-9-19(14-20(16)25(33)28-2)35-26-29-22-15-21(27)23(30-24(22)31-26)17-4-7-18(8-5-17)32-10-12-34-13-11-32/h4-9,14-15H,3,10-13H2,1-2H3,(H,28,33)(H,29,30,31). The molecule has 5 rings (SSSR count). The highest BCUT2D eigenvalue weighted by Crippen LogP contribution is 2.32. The molecule has 1 fully saturated rings. The van der Waals surface area contributed by atoms with Crippen LogP contribution in [0.4, 0.5) is 5.69 Å². The normalized spacial score (nSPS) is 13.7. The number of morpholine rings is 1. The van der Waals surface area contributed by atoms with Crippen molar-refractivity contribution in [3.05, 3.63) is 64.7 Å². The number of rotatable bonds is 6. The van der Waals surface area contributed by atoms with Crippen molar-refractivity contribution in [3.8, 4) is 23.0 Å². The van der Waals surface area contributed by atoms with E-state index in [4.69, 9.17) is 21.1 Å². The lowest BCUT2D eigenvalue weighted by Crippen LogP contribution is -2.36. The Balaban J connectivity index is 1.40. The highest BCUT2D eigenvalue weighted by molar-refractivity contribution is 6.33. The summed E-state index contributed by atoms with van der Waals surface area (Å²) < 4.78 is 11.4. The van der Waals surface area contributed by atoms with E-state index in [0.29, 0.717) is 33.2 Å². The number of imidazole rings is 1. The molecule has 180 valence electrons. The molecule has 0 radical (unpaired) electrons. The van der Waals surface area contributed by atoms with Crippen molar-refractivity contribution in [2.75, 3.05) is 38.3 Å². The fourth-order valence-corrected chi connectivity index (χ4v) is 4.44. The van der Waals surface area contributed by atoms with Crippen LogP contribution in [0.5, 0.6) is 11.8 Å². The smallest absolute Gasteiger partial charge is 0.301 e. The molecule has 0 saturated carbocycles. The number of nitrogens with zero attached hydrogens (tertiary/aromatic N) is 3. The third kappa shape index (κ3) is 4.80. The summed E-state index contributed by atoms with van der Waals surface area (Å²) in [5.41, 5.74) is 5.38. The van der Waals surface area contributed by atoms with Crippen molar-refractivity contribution in [2.24, 2.45) is 0 Å². The first-order valence-electron chi connectivity index (χ1n) is 11.6. The van der Waals surface area contributed by atoms with Crippen LogP contribution < -0.4 is 15.0 Å². The van der Waals surface area contributed by atoms with E-state index in [9.17, 15) is 4.79 Å². The van der Waals surface area contributed by atoms with Gasteiger partial charge in [-0.1, -0.05) is 36.7 Å². The zero-order chi connectivity index (χ0) is 24.4. The van der Waals surface area contributed by atoms with E-state index in [1.807, 2.05) is 31.2 Å². The number of halogens is 1. The van der Waals surface area contributed by atoms with Gasteiger partial charge in [-0.15, -0.1) is 0 Å². The zero-order valence-corrected chi connectivity index (χ0v) is 20.4. The van der Waals surface area contributed by atoms with Crippen LogP contribution in [-0.2, 0) is 11.2 Å². The van der Waals surface area contributed by atoms with Crippen LogP contribution in [0.1, 0.15) is 22.8 Å². The maximum absolute atomic E-state index is 12.2. The summed E-state index contributed by atoms with van der Waals surface area (Å²) >= 11 is 6.58. The lowest BCUT2D eigenvalue weighted by atomic mass is 10.0. The molecule has 0 spiro atoms. The highest BCUT2D eigenvalue weighted by Gasteiger charge is 2.16. The van der Waals surface area contributed by atoms with Crippen molar-refractivity contribution in [2.45, 2.75) is 13.3 Å². The number of carbonyl (C=O) groups is 1.